The van der Waals surface area contributed by atoms with E-state index in [4.69, 9.17) is 23.2 Å². The highest BCUT2D eigenvalue weighted by Crippen LogP contribution is 2.29. The lowest BCUT2D eigenvalue weighted by atomic mass is 9.91. The van der Waals surface area contributed by atoms with Crippen LogP contribution in [-0.4, -0.2) is 28.9 Å². The fourth-order valence-electron chi connectivity index (χ4n) is 1.78. The Bertz CT molecular complexity index is 621. The van der Waals surface area contributed by atoms with Crippen molar-refractivity contribution in [2.24, 2.45) is 0 Å². The van der Waals surface area contributed by atoms with E-state index in [-0.39, 0.29) is 15.6 Å². The van der Waals surface area contributed by atoms with E-state index in [0.29, 0.717) is 0 Å². The van der Waals surface area contributed by atoms with Crippen molar-refractivity contribution in [3.05, 3.63) is 33.8 Å². The van der Waals surface area contributed by atoms with Gasteiger partial charge in [-0.15, -0.1) is 0 Å². The van der Waals surface area contributed by atoms with E-state index in [1.54, 1.807) is 0 Å². The summed E-state index contributed by atoms with van der Waals surface area (Å²) in [5, 5.41) is 14.7. The Labute approximate surface area is 137 Å². The lowest BCUT2D eigenvalue weighted by Gasteiger charge is -2.28. The summed E-state index contributed by atoms with van der Waals surface area (Å²) in [5.41, 5.74) is -1.45. The first kappa shape index (κ1) is 18.3. The SMILES string of the molecule is CC(=O)NC(C)C(=O)NC(C)(C(=O)O)c1ccc(Cl)c(Cl)c1. The predicted octanol–water partition coefficient (Wildman–Crippen LogP) is 1.93. The monoisotopic (exact) mass is 346 g/mol. The number of halogens is 2. The third kappa shape index (κ3) is 4.11. The van der Waals surface area contributed by atoms with Gasteiger partial charge in [0.2, 0.25) is 11.8 Å². The second-order valence-corrected chi connectivity index (χ2v) is 5.78. The molecule has 0 spiro atoms. The summed E-state index contributed by atoms with van der Waals surface area (Å²) >= 11 is 11.7. The number of hydrogen-bond donors (Lipinski definition) is 3. The average molecular weight is 347 g/mol. The van der Waals surface area contributed by atoms with Crippen molar-refractivity contribution in [2.75, 3.05) is 0 Å². The van der Waals surface area contributed by atoms with Gasteiger partial charge < -0.3 is 15.7 Å². The number of carbonyl (C=O) groups is 3. The van der Waals surface area contributed by atoms with E-state index in [9.17, 15) is 19.5 Å². The molecule has 0 saturated carbocycles. The van der Waals surface area contributed by atoms with Crippen molar-refractivity contribution < 1.29 is 19.5 Å². The van der Waals surface area contributed by atoms with Gasteiger partial charge in [-0.3, -0.25) is 9.59 Å². The molecule has 2 unspecified atom stereocenters. The van der Waals surface area contributed by atoms with Crippen molar-refractivity contribution in [1.29, 1.82) is 0 Å². The highest BCUT2D eigenvalue weighted by Gasteiger charge is 2.38. The summed E-state index contributed by atoms with van der Waals surface area (Å²) in [4.78, 5) is 34.7. The molecule has 0 aliphatic carbocycles. The third-order valence-corrected chi connectivity index (χ3v) is 3.85. The Morgan fingerprint density at radius 1 is 1.23 bits per heavy atom. The fraction of sp³-hybridized carbons (Fsp3) is 0.357. The van der Waals surface area contributed by atoms with Gasteiger partial charge in [-0.1, -0.05) is 29.3 Å². The van der Waals surface area contributed by atoms with Gasteiger partial charge in [-0.2, -0.15) is 0 Å². The van der Waals surface area contributed by atoms with Crippen molar-refractivity contribution in [3.63, 3.8) is 0 Å². The zero-order valence-corrected chi connectivity index (χ0v) is 13.7. The number of carboxylic acid groups (broad SMARTS) is 1. The van der Waals surface area contributed by atoms with Gasteiger partial charge >= 0.3 is 5.97 Å². The van der Waals surface area contributed by atoms with Crippen LogP contribution >= 0.6 is 23.2 Å². The summed E-state index contributed by atoms with van der Waals surface area (Å²) < 4.78 is 0. The van der Waals surface area contributed by atoms with E-state index >= 15 is 0 Å². The topological polar surface area (TPSA) is 95.5 Å². The van der Waals surface area contributed by atoms with Gasteiger partial charge in [-0.25, -0.2) is 4.79 Å². The minimum absolute atomic E-state index is 0.177. The lowest BCUT2D eigenvalue weighted by Crippen LogP contribution is -2.55. The molecule has 1 aromatic rings. The van der Waals surface area contributed by atoms with Gasteiger partial charge in [0.05, 0.1) is 10.0 Å². The van der Waals surface area contributed by atoms with Crippen LogP contribution in [0, 0.1) is 0 Å². The van der Waals surface area contributed by atoms with E-state index in [0.717, 1.165) is 0 Å². The smallest absolute Gasteiger partial charge is 0.333 e. The molecule has 0 saturated heterocycles. The maximum absolute atomic E-state index is 12.1. The second kappa shape index (κ2) is 6.98. The number of carboxylic acids is 1. The van der Waals surface area contributed by atoms with Crippen molar-refractivity contribution in [2.45, 2.75) is 32.4 Å². The number of amides is 2. The molecule has 1 aromatic carbocycles. The normalized spacial score (nSPS) is 14.6. The standard InChI is InChI=1S/C14H16Cl2N2O4/c1-7(17-8(2)19)12(20)18-14(3,13(21)22)9-4-5-10(15)11(16)6-9/h4-7H,1-3H3,(H,17,19)(H,18,20)(H,21,22). The van der Waals surface area contributed by atoms with Crippen LogP contribution in [0.4, 0.5) is 0 Å². The van der Waals surface area contributed by atoms with Crippen molar-refractivity contribution in [1.82, 2.24) is 10.6 Å². The summed E-state index contributed by atoms with van der Waals surface area (Å²) in [6.07, 6.45) is 0. The van der Waals surface area contributed by atoms with E-state index in [1.807, 2.05) is 0 Å². The predicted molar refractivity (Wildman–Crippen MR) is 82.9 cm³/mol. The van der Waals surface area contributed by atoms with Gasteiger partial charge in [-0.05, 0) is 31.5 Å². The van der Waals surface area contributed by atoms with Crippen LogP contribution < -0.4 is 10.6 Å². The number of rotatable bonds is 5. The molecule has 120 valence electrons. The summed E-state index contributed by atoms with van der Waals surface area (Å²) in [7, 11) is 0. The number of benzene rings is 1. The molecule has 0 aliphatic rings. The molecule has 0 heterocycles. The molecule has 0 aliphatic heterocycles. The molecule has 2 amide bonds. The van der Waals surface area contributed by atoms with Gasteiger partial charge in [0, 0.05) is 6.92 Å². The molecule has 22 heavy (non-hydrogen) atoms. The van der Waals surface area contributed by atoms with Crippen LogP contribution in [0.1, 0.15) is 26.3 Å². The Kier molecular flexibility index (Phi) is 5.79. The van der Waals surface area contributed by atoms with E-state index in [2.05, 4.69) is 10.6 Å². The molecule has 0 radical (unpaired) electrons. The highest BCUT2D eigenvalue weighted by atomic mass is 35.5. The Balaban J connectivity index is 3.11. The molecule has 0 bridgehead atoms. The molecule has 0 fully saturated rings. The number of aliphatic carboxylic acids is 1. The first-order chi connectivity index (χ1) is 10.1. The fourth-order valence-corrected chi connectivity index (χ4v) is 2.08. The van der Waals surface area contributed by atoms with Crippen LogP contribution in [0.2, 0.25) is 10.0 Å². The zero-order valence-electron chi connectivity index (χ0n) is 12.2. The minimum atomic E-state index is -1.71. The minimum Gasteiger partial charge on any atom is -0.479 e. The Morgan fingerprint density at radius 3 is 2.27 bits per heavy atom. The Hall–Kier alpha value is -1.79. The maximum atomic E-state index is 12.1. The van der Waals surface area contributed by atoms with Crippen LogP contribution in [0.3, 0.4) is 0 Å². The maximum Gasteiger partial charge on any atom is 0.333 e. The molecule has 1 rings (SSSR count). The van der Waals surface area contributed by atoms with Crippen LogP contribution in [0.5, 0.6) is 0 Å². The number of carbonyl (C=O) groups excluding carboxylic acids is 2. The summed E-state index contributed by atoms with van der Waals surface area (Å²) in [5.74, 6) is -2.30. The molecule has 8 heteroatoms. The molecule has 6 nitrogen and oxygen atoms in total. The van der Waals surface area contributed by atoms with Crippen LogP contribution in [0.25, 0.3) is 0 Å². The van der Waals surface area contributed by atoms with E-state index in [1.165, 1.54) is 39.0 Å². The molecular formula is C14H16Cl2N2O4. The third-order valence-electron chi connectivity index (χ3n) is 3.11. The first-order valence-electron chi connectivity index (χ1n) is 6.36. The quantitative estimate of drug-likeness (QED) is 0.758. The number of hydrogen-bond acceptors (Lipinski definition) is 3. The molecule has 2 atom stereocenters. The second-order valence-electron chi connectivity index (χ2n) is 4.97. The number of nitrogens with one attached hydrogen (secondary N) is 2. The molecule has 0 aromatic heterocycles. The van der Waals surface area contributed by atoms with Crippen LogP contribution in [-0.2, 0) is 19.9 Å². The zero-order chi connectivity index (χ0) is 17.1. The van der Waals surface area contributed by atoms with Gasteiger partial charge in [0.15, 0.2) is 5.54 Å². The highest BCUT2D eigenvalue weighted by molar-refractivity contribution is 6.42. The average Bonchev–Trinajstić information content (AvgIpc) is 2.40. The molecule has 3 N–H and O–H groups in total. The van der Waals surface area contributed by atoms with Crippen molar-refractivity contribution >= 4 is 41.0 Å². The Morgan fingerprint density at radius 2 is 1.82 bits per heavy atom. The molecular weight excluding hydrogens is 331 g/mol. The van der Waals surface area contributed by atoms with Gasteiger partial charge in [0.25, 0.3) is 0 Å². The van der Waals surface area contributed by atoms with E-state index < -0.39 is 29.4 Å². The van der Waals surface area contributed by atoms with Gasteiger partial charge in [0.1, 0.15) is 6.04 Å². The largest absolute Gasteiger partial charge is 0.479 e. The summed E-state index contributed by atoms with van der Waals surface area (Å²) in [6, 6.07) is 3.41. The first-order valence-corrected chi connectivity index (χ1v) is 7.11. The van der Waals surface area contributed by atoms with Crippen molar-refractivity contribution in [3.8, 4) is 0 Å². The summed E-state index contributed by atoms with van der Waals surface area (Å²) in [6.45, 7) is 4.04. The van der Waals surface area contributed by atoms with Crippen LogP contribution in [0.15, 0.2) is 18.2 Å². The lowest BCUT2D eigenvalue weighted by molar-refractivity contribution is -0.147.